The standard InChI is InChI=1S/C10H14Cl2N4/c1-7-5-16(3-2-13-7)6-8-4-14-10(12)15-9(8)11/h4,7,13H,2-3,5-6H2,1H3/t7-/m1/s1. The van der Waals surface area contributed by atoms with Crippen molar-refractivity contribution in [3.05, 3.63) is 22.2 Å². The third-order valence-corrected chi connectivity index (χ3v) is 3.14. The van der Waals surface area contributed by atoms with Crippen molar-refractivity contribution in [1.82, 2.24) is 20.2 Å². The summed E-state index contributed by atoms with van der Waals surface area (Å²) in [4.78, 5) is 10.2. The zero-order valence-corrected chi connectivity index (χ0v) is 10.6. The highest BCUT2D eigenvalue weighted by Gasteiger charge is 2.17. The van der Waals surface area contributed by atoms with Crippen molar-refractivity contribution in [1.29, 1.82) is 0 Å². The molecule has 0 aromatic carbocycles. The van der Waals surface area contributed by atoms with Gasteiger partial charge >= 0.3 is 0 Å². The van der Waals surface area contributed by atoms with E-state index in [4.69, 9.17) is 23.2 Å². The molecule has 1 fully saturated rings. The van der Waals surface area contributed by atoms with Gasteiger partial charge in [-0.15, -0.1) is 0 Å². The Hall–Kier alpha value is -0.420. The molecule has 0 aliphatic carbocycles. The number of aromatic nitrogens is 2. The van der Waals surface area contributed by atoms with Crippen molar-refractivity contribution >= 4 is 23.2 Å². The van der Waals surface area contributed by atoms with Crippen LogP contribution in [0.15, 0.2) is 6.20 Å². The number of nitrogens with one attached hydrogen (secondary N) is 1. The highest BCUT2D eigenvalue weighted by atomic mass is 35.5. The van der Waals surface area contributed by atoms with Crippen LogP contribution in [0, 0.1) is 0 Å². The summed E-state index contributed by atoms with van der Waals surface area (Å²) < 4.78 is 0. The van der Waals surface area contributed by atoms with Crippen molar-refractivity contribution in [2.24, 2.45) is 0 Å². The Kier molecular flexibility index (Phi) is 3.97. The Morgan fingerprint density at radius 3 is 3.06 bits per heavy atom. The normalized spacial score (nSPS) is 22.3. The molecule has 2 rings (SSSR count). The molecule has 0 unspecified atom stereocenters. The summed E-state index contributed by atoms with van der Waals surface area (Å²) in [5, 5.41) is 4.04. The van der Waals surface area contributed by atoms with E-state index in [2.05, 4.69) is 27.1 Å². The molecule has 88 valence electrons. The van der Waals surface area contributed by atoms with E-state index in [9.17, 15) is 0 Å². The molecule has 1 aromatic heterocycles. The topological polar surface area (TPSA) is 41.1 Å². The monoisotopic (exact) mass is 260 g/mol. The molecule has 1 saturated heterocycles. The van der Waals surface area contributed by atoms with Crippen LogP contribution < -0.4 is 5.32 Å². The SMILES string of the molecule is C[C@@H]1CN(Cc2cnc(Cl)nc2Cl)CCN1. The zero-order chi connectivity index (χ0) is 11.5. The van der Waals surface area contributed by atoms with Gasteiger partial charge in [-0.05, 0) is 18.5 Å². The van der Waals surface area contributed by atoms with Gasteiger partial charge in [0.15, 0.2) is 0 Å². The Morgan fingerprint density at radius 1 is 1.56 bits per heavy atom. The molecule has 1 aliphatic rings. The Bertz CT molecular complexity index is 372. The lowest BCUT2D eigenvalue weighted by atomic mass is 10.2. The number of hydrogen-bond acceptors (Lipinski definition) is 4. The largest absolute Gasteiger partial charge is 0.312 e. The third-order valence-electron chi connectivity index (χ3n) is 2.63. The van der Waals surface area contributed by atoms with E-state index >= 15 is 0 Å². The maximum Gasteiger partial charge on any atom is 0.223 e. The molecule has 2 heterocycles. The van der Waals surface area contributed by atoms with E-state index in [1.807, 2.05) is 0 Å². The lowest BCUT2D eigenvalue weighted by Crippen LogP contribution is -2.48. The highest BCUT2D eigenvalue weighted by molar-refractivity contribution is 6.32. The lowest BCUT2D eigenvalue weighted by Gasteiger charge is -2.31. The molecule has 0 amide bonds. The van der Waals surface area contributed by atoms with Crippen molar-refractivity contribution in [2.75, 3.05) is 19.6 Å². The number of piperazine rings is 1. The lowest BCUT2D eigenvalue weighted by molar-refractivity contribution is 0.199. The number of hydrogen-bond donors (Lipinski definition) is 1. The van der Waals surface area contributed by atoms with Crippen LogP contribution in [0.25, 0.3) is 0 Å². The summed E-state index contributed by atoms with van der Waals surface area (Å²) >= 11 is 11.7. The van der Waals surface area contributed by atoms with Crippen molar-refractivity contribution in [3.63, 3.8) is 0 Å². The van der Waals surface area contributed by atoms with Crippen molar-refractivity contribution in [3.8, 4) is 0 Å². The Morgan fingerprint density at radius 2 is 2.38 bits per heavy atom. The number of nitrogens with zero attached hydrogens (tertiary/aromatic N) is 3. The van der Waals surface area contributed by atoms with Crippen molar-refractivity contribution in [2.45, 2.75) is 19.5 Å². The second-order valence-corrected chi connectivity index (χ2v) is 4.74. The molecule has 1 aromatic rings. The van der Waals surface area contributed by atoms with E-state index in [-0.39, 0.29) is 5.28 Å². The highest BCUT2D eigenvalue weighted by Crippen LogP contribution is 2.16. The summed E-state index contributed by atoms with van der Waals surface area (Å²) in [6.07, 6.45) is 1.70. The molecule has 1 atom stereocenters. The van der Waals surface area contributed by atoms with Gasteiger partial charge < -0.3 is 5.32 Å². The van der Waals surface area contributed by atoms with Crippen LogP contribution >= 0.6 is 23.2 Å². The summed E-state index contributed by atoms with van der Waals surface area (Å²) in [6.45, 7) is 5.99. The van der Waals surface area contributed by atoms with Crippen LogP contribution in [0.4, 0.5) is 0 Å². The average Bonchev–Trinajstić information content (AvgIpc) is 2.22. The van der Waals surface area contributed by atoms with Crippen LogP contribution in [-0.2, 0) is 6.54 Å². The molecular formula is C10H14Cl2N4. The minimum Gasteiger partial charge on any atom is -0.312 e. The van der Waals surface area contributed by atoms with Gasteiger partial charge in [-0.25, -0.2) is 9.97 Å². The molecule has 1 N–H and O–H groups in total. The molecule has 0 bridgehead atoms. The number of halogens is 2. The van der Waals surface area contributed by atoms with Gasteiger partial charge in [0.1, 0.15) is 5.15 Å². The van der Waals surface area contributed by atoms with Gasteiger partial charge in [0.2, 0.25) is 5.28 Å². The predicted molar refractivity (Wildman–Crippen MR) is 64.8 cm³/mol. The molecule has 0 spiro atoms. The van der Waals surface area contributed by atoms with E-state index in [1.54, 1.807) is 6.20 Å². The fourth-order valence-corrected chi connectivity index (χ4v) is 2.23. The minimum atomic E-state index is 0.197. The van der Waals surface area contributed by atoms with Crippen LogP contribution in [0.1, 0.15) is 12.5 Å². The van der Waals surface area contributed by atoms with Gasteiger partial charge in [-0.1, -0.05) is 11.6 Å². The third kappa shape index (κ3) is 3.04. The van der Waals surface area contributed by atoms with E-state index in [1.165, 1.54) is 0 Å². The summed E-state index contributed by atoms with van der Waals surface area (Å²) in [7, 11) is 0. The van der Waals surface area contributed by atoms with E-state index in [0.29, 0.717) is 11.2 Å². The van der Waals surface area contributed by atoms with Crippen LogP contribution in [0.5, 0.6) is 0 Å². The van der Waals surface area contributed by atoms with Crippen LogP contribution in [-0.4, -0.2) is 40.5 Å². The fraction of sp³-hybridized carbons (Fsp3) is 0.600. The first-order valence-corrected chi connectivity index (χ1v) is 6.03. The van der Waals surface area contributed by atoms with Gasteiger partial charge in [0.05, 0.1) is 0 Å². The van der Waals surface area contributed by atoms with E-state index < -0.39 is 0 Å². The fourth-order valence-electron chi connectivity index (χ4n) is 1.87. The molecule has 16 heavy (non-hydrogen) atoms. The molecule has 1 aliphatic heterocycles. The maximum absolute atomic E-state index is 6.01. The zero-order valence-electron chi connectivity index (χ0n) is 9.08. The summed E-state index contributed by atoms with van der Waals surface area (Å²) in [5.41, 5.74) is 0.931. The van der Waals surface area contributed by atoms with Crippen molar-refractivity contribution < 1.29 is 0 Å². The van der Waals surface area contributed by atoms with E-state index in [0.717, 1.165) is 31.7 Å². The van der Waals surface area contributed by atoms with Crippen LogP contribution in [0.2, 0.25) is 10.4 Å². The smallest absolute Gasteiger partial charge is 0.223 e. The van der Waals surface area contributed by atoms with Gasteiger partial charge in [-0.3, -0.25) is 4.90 Å². The number of rotatable bonds is 2. The summed E-state index contributed by atoms with van der Waals surface area (Å²) in [5.74, 6) is 0. The first kappa shape index (κ1) is 12.0. The minimum absolute atomic E-state index is 0.197. The summed E-state index contributed by atoms with van der Waals surface area (Å²) in [6, 6.07) is 0.515. The molecule has 0 radical (unpaired) electrons. The first-order valence-electron chi connectivity index (χ1n) is 5.28. The predicted octanol–water partition coefficient (Wildman–Crippen LogP) is 1.58. The molecule has 4 nitrogen and oxygen atoms in total. The Balaban J connectivity index is 2.02. The maximum atomic E-state index is 6.01. The second-order valence-electron chi connectivity index (χ2n) is 4.05. The van der Waals surface area contributed by atoms with Crippen LogP contribution in [0.3, 0.4) is 0 Å². The molecular weight excluding hydrogens is 247 g/mol. The molecule has 6 heteroatoms. The second kappa shape index (κ2) is 5.27. The van der Waals surface area contributed by atoms with Gasteiger partial charge in [0, 0.05) is 44.0 Å². The quantitative estimate of drug-likeness (QED) is 0.648. The molecule has 0 saturated carbocycles. The first-order chi connectivity index (χ1) is 7.65. The van der Waals surface area contributed by atoms with Gasteiger partial charge in [-0.2, -0.15) is 0 Å². The average molecular weight is 261 g/mol. The van der Waals surface area contributed by atoms with Gasteiger partial charge in [0.25, 0.3) is 0 Å². The Labute approximate surface area is 105 Å².